The molecule has 81 heavy (non-hydrogen) atoms. The molecule has 2 atom stereocenters. The summed E-state index contributed by atoms with van der Waals surface area (Å²) < 4.78 is 0. The van der Waals surface area contributed by atoms with E-state index in [1.54, 1.807) is 44.5 Å². The van der Waals surface area contributed by atoms with E-state index < -0.39 is 8.07 Å². The Labute approximate surface area is 482 Å². The van der Waals surface area contributed by atoms with Gasteiger partial charge in [-0.2, -0.15) is 0 Å². The summed E-state index contributed by atoms with van der Waals surface area (Å²) in [6.07, 6.45) is 19.3. The van der Waals surface area contributed by atoms with Crippen LogP contribution in [-0.2, 0) is 44.9 Å². The van der Waals surface area contributed by atoms with Crippen LogP contribution in [0.1, 0.15) is 118 Å². The number of aryl methyl sites for hydroxylation is 3. The summed E-state index contributed by atoms with van der Waals surface area (Å²) in [5.74, 6) is 0. The Morgan fingerprint density at radius 3 is 1.00 bits per heavy atom. The Hall–Kier alpha value is -8.18. The maximum Gasteiger partial charge on any atom is 0.0722 e. The van der Waals surface area contributed by atoms with Gasteiger partial charge in [-0.1, -0.05) is 175 Å². The molecule has 15 rings (SSSR count). The van der Waals surface area contributed by atoms with Crippen LogP contribution < -0.4 is 14.7 Å². The zero-order valence-electron chi connectivity index (χ0n) is 47.9. The highest BCUT2D eigenvalue weighted by Gasteiger charge is 2.49. The van der Waals surface area contributed by atoms with Gasteiger partial charge in [-0.3, -0.25) is 0 Å². The van der Waals surface area contributed by atoms with Gasteiger partial charge in [-0.05, 0) is 213 Å². The zero-order valence-corrected chi connectivity index (χ0v) is 48.9. The van der Waals surface area contributed by atoms with Crippen molar-refractivity contribution in [3.05, 3.63) is 284 Å². The van der Waals surface area contributed by atoms with E-state index in [1.807, 2.05) is 0 Å². The molecular formula is C77H73N3Si. The Morgan fingerprint density at radius 1 is 0.346 bits per heavy atom. The van der Waals surface area contributed by atoms with Crippen LogP contribution in [0.5, 0.6) is 0 Å². The fraction of sp³-hybridized carbons (Fsp3) is 0.221. The molecule has 0 bridgehead atoms. The quantitative estimate of drug-likeness (QED) is 0.120. The van der Waals surface area contributed by atoms with Gasteiger partial charge in [0, 0.05) is 56.3 Å². The Balaban J connectivity index is 0.000000188. The first kappa shape index (κ1) is 51.0. The molecule has 0 aliphatic heterocycles. The Kier molecular flexibility index (Phi) is 13.3. The summed E-state index contributed by atoms with van der Waals surface area (Å²) >= 11 is 0. The molecule has 0 spiro atoms. The molecule has 9 aromatic carbocycles. The number of para-hydroxylation sites is 6. The van der Waals surface area contributed by atoms with Crippen LogP contribution in [0, 0.1) is 0 Å². The van der Waals surface area contributed by atoms with Crippen molar-refractivity contribution in [2.45, 2.75) is 109 Å². The summed E-state index contributed by atoms with van der Waals surface area (Å²) in [7, 11) is -2.14. The largest absolute Gasteiger partial charge is 0.310 e. The van der Waals surface area contributed by atoms with Gasteiger partial charge in [0.05, 0.1) is 25.1 Å². The molecular weight excluding hydrogens is 995 g/mol. The van der Waals surface area contributed by atoms with Crippen LogP contribution in [0.2, 0.25) is 13.1 Å². The molecule has 3 nitrogen and oxygen atoms in total. The van der Waals surface area contributed by atoms with Gasteiger partial charge in [0.1, 0.15) is 0 Å². The molecule has 0 saturated carbocycles. The van der Waals surface area contributed by atoms with E-state index in [-0.39, 0.29) is 0 Å². The summed E-state index contributed by atoms with van der Waals surface area (Å²) in [6.45, 7) is 12.6. The minimum Gasteiger partial charge on any atom is -0.310 e. The van der Waals surface area contributed by atoms with E-state index in [9.17, 15) is 0 Å². The highest BCUT2D eigenvalue weighted by atomic mass is 28.3. The minimum absolute atomic E-state index is 0.427. The topological polar surface area (TPSA) is 9.72 Å². The first-order chi connectivity index (χ1) is 39.7. The lowest BCUT2D eigenvalue weighted by Crippen LogP contribution is -2.42. The second kappa shape index (κ2) is 21.0. The van der Waals surface area contributed by atoms with Gasteiger partial charge in [-0.15, -0.1) is 0 Å². The third kappa shape index (κ3) is 8.95. The van der Waals surface area contributed by atoms with Gasteiger partial charge < -0.3 is 14.7 Å². The van der Waals surface area contributed by atoms with E-state index in [4.69, 9.17) is 0 Å². The summed E-state index contributed by atoms with van der Waals surface area (Å²) in [6, 6.07) is 73.7. The Bertz CT molecular complexity index is 3640. The van der Waals surface area contributed by atoms with Gasteiger partial charge in [0.25, 0.3) is 0 Å². The lowest BCUT2D eigenvalue weighted by Gasteiger charge is -2.40. The summed E-state index contributed by atoms with van der Waals surface area (Å²) in [5.41, 5.74) is 35.3. The van der Waals surface area contributed by atoms with Crippen LogP contribution in [0.15, 0.2) is 217 Å². The SMILES string of the molecule is CC1=Cc2c(cc3c(c2N(c2ccccc2)c2ccccc2)CCC3)C1[Si](C)(C)C1C(C)=Cc2c1cc1c(c2N(c2ccccc2)c2ccccc2)CCC1.CC1=Cc2cc3c(c(N(c4ccccc4)c4ccccc4)c2C1)CCC3. The van der Waals surface area contributed by atoms with Crippen molar-refractivity contribution < 1.29 is 0 Å². The first-order valence-electron chi connectivity index (χ1n) is 30.0. The standard InChI is InChI=1S/C52H50N2Si.C25H23N/c1-35-31-45-47(33-37-19-17-29-43(37)49(45)53(39-21-9-5-10-22-39)40-23-11-6-12-24-40)51(35)55(3,4)52-36(2)32-46-48(52)34-38-20-18-30-44(38)50(46)54(41-25-13-7-14-26-41)42-27-15-8-16-28-42;1-18-15-20-17-19-9-8-14-23(19)25(24(20)16-18)26(21-10-4-2-5-11-21)22-12-6-3-7-13-22/h5-16,21-28,31-34,51-52H,17-20,29-30H2,1-4H3;2-7,10-13,15,17H,8-9,14,16H2,1H3. The van der Waals surface area contributed by atoms with Crippen LogP contribution >= 0.6 is 0 Å². The molecule has 400 valence electrons. The highest BCUT2D eigenvalue weighted by molar-refractivity contribution is 6.81. The number of fused-ring (bicyclic) bond motifs is 6. The number of hydrogen-bond donors (Lipinski definition) is 0. The van der Waals surface area contributed by atoms with Gasteiger partial charge in [0.2, 0.25) is 0 Å². The molecule has 0 amide bonds. The van der Waals surface area contributed by atoms with Crippen molar-refractivity contribution in [2.24, 2.45) is 0 Å². The average molecular weight is 1070 g/mol. The van der Waals surface area contributed by atoms with Crippen molar-refractivity contribution in [3.63, 3.8) is 0 Å². The number of benzene rings is 9. The third-order valence-corrected chi connectivity index (χ3v) is 23.3. The number of anilines is 9. The molecule has 0 radical (unpaired) electrons. The number of allylic oxidation sites excluding steroid dienone is 3. The number of nitrogens with zero attached hydrogens (tertiary/aromatic N) is 3. The first-order valence-corrected chi connectivity index (χ1v) is 33.2. The van der Waals surface area contributed by atoms with Crippen molar-refractivity contribution >= 4 is 77.5 Å². The number of hydrogen-bond acceptors (Lipinski definition) is 3. The van der Waals surface area contributed by atoms with Gasteiger partial charge in [-0.25, -0.2) is 0 Å². The molecule has 6 aliphatic carbocycles. The van der Waals surface area contributed by atoms with Crippen LogP contribution in [0.3, 0.4) is 0 Å². The van der Waals surface area contributed by atoms with E-state index in [0.29, 0.717) is 11.1 Å². The second-order valence-electron chi connectivity index (χ2n) is 24.4. The number of rotatable bonds is 11. The fourth-order valence-corrected chi connectivity index (χ4v) is 20.7. The molecule has 0 N–H and O–H groups in total. The third-order valence-electron chi connectivity index (χ3n) is 18.8. The van der Waals surface area contributed by atoms with Crippen LogP contribution in [0.25, 0.3) is 18.2 Å². The van der Waals surface area contributed by atoms with Crippen molar-refractivity contribution in [3.8, 4) is 0 Å². The van der Waals surface area contributed by atoms with Crippen molar-refractivity contribution in [1.82, 2.24) is 0 Å². The molecule has 2 unspecified atom stereocenters. The second-order valence-corrected chi connectivity index (χ2v) is 29.2. The molecule has 0 heterocycles. The van der Waals surface area contributed by atoms with E-state index in [0.717, 1.165) is 32.1 Å². The van der Waals surface area contributed by atoms with E-state index in [1.165, 1.54) is 122 Å². The lowest BCUT2D eigenvalue weighted by molar-refractivity contribution is 0.909. The Morgan fingerprint density at radius 2 is 0.654 bits per heavy atom. The molecule has 6 aliphatic rings. The van der Waals surface area contributed by atoms with E-state index >= 15 is 0 Å². The zero-order chi connectivity index (χ0) is 54.8. The van der Waals surface area contributed by atoms with Gasteiger partial charge >= 0.3 is 0 Å². The highest BCUT2D eigenvalue weighted by Crippen LogP contribution is 2.59. The predicted molar refractivity (Wildman–Crippen MR) is 347 cm³/mol. The fourth-order valence-electron chi connectivity index (χ4n) is 15.7. The minimum atomic E-state index is -2.14. The summed E-state index contributed by atoms with van der Waals surface area (Å²) in [5, 5.41) is 0. The molecule has 0 aromatic heterocycles. The van der Waals surface area contributed by atoms with Crippen LogP contribution in [0.4, 0.5) is 51.2 Å². The van der Waals surface area contributed by atoms with Crippen molar-refractivity contribution in [2.75, 3.05) is 14.7 Å². The lowest BCUT2D eigenvalue weighted by atomic mass is 9.96. The molecule has 0 saturated heterocycles. The molecule has 0 fully saturated rings. The molecule has 9 aromatic rings. The predicted octanol–water partition coefficient (Wildman–Crippen LogP) is 20.7. The molecule has 4 heteroatoms. The summed E-state index contributed by atoms with van der Waals surface area (Å²) in [4.78, 5) is 7.61. The van der Waals surface area contributed by atoms with E-state index in [2.05, 4.69) is 267 Å². The van der Waals surface area contributed by atoms with Gasteiger partial charge in [0.15, 0.2) is 0 Å². The van der Waals surface area contributed by atoms with Crippen LogP contribution in [-0.4, -0.2) is 8.07 Å². The maximum atomic E-state index is 2.71. The monoisotopic (exact) mass is 1070 g/mol. The maximum absolute atomic E-state index is 2.71. The normalized spacial score (nSPS) is 16.9. The van der Waals surface area contributed by atoms with Crippen molar-refractivity contribution in [1.29, 1.82) is 0 Å². The smallest absolute Gasteiger partial charge is 0.0722 e. The average Bonchev–Trinajstić information content (AvgIpc) is 4.52.